The molecule has 3 aromatic rings. The number of rotatable bonds is 12. The lowest BCUT2D eigenvalue weighted by molar-refractivity contribution is -0.125. The summed E-state index contributed by atoms with van der Waals surface area (Å²) in [5.74, 6) is 0.850. The molecule has 0 aliphatic rings. The Hall–Kier alpha value is -3.36. The molecule has 0 saturated heterocycles. The first-order valence-corrected chi connectivity index (χ1v) is 12.4. The van der Waals surface area contributed by atoms with E-state index in [0.717, 1.165) is 23.3 Å². The highest BCUT2D eigenvalue weighted by Crippen LogP contribution is 2.25. The van der Waals surface area contributed by atoms with E-state index in [-0.39, 0.29) is 30.9 Å². The van der Waals surface area contributed by atoms with Crippen LogP contribution in [-0.2, 0) is 22.6 Å². The van der Waals surface area contributed by atoms with Gasteiger partial charge in [-0.1, -0.05) is 24.3 Å². The molecule has 1 atom stereocenters. The number of methoxy groups -OCH3 is 2. The lowest BCUT2D eigenvalue weighted by Gasteiger charge is -2.28. The summed E-state index contributed by atoms with van der Waals surface area (Å²) in [7, 11) is 3.19. The van der Waals surface area contributed by atoms with E-state index in [1.165, 1.54) is 4.88 Å². The molecular weight excluding hydrogens is 462 g/mol. The number of hydrogen-bond donors (Lipinski definition) is 2. The number of anilines is 1. The van der Waals surface area contributed by atoms with Crippen LogP contribution in [0.4, 0.5) is 5.69 Å². The SMILES string of the molecule is COc1ccc(CN(CC(=O)NCC(=O)Nc2cc(C)ccc2OC)C(C)Cc2cccs2)cc1. The van der Waals surface area contributed by atoms with Gasteiger partial charge in [-0.25, -0.2) is 0 Å². The Kier molecular flexibility index (Phi) is 9.69. The topological polar surface area (TPSA) is 79.9 Å². The molecule has 2 aromatic carbocycles. The van der Waals surface area contributed by atoms with E-state index in [0.29, 0.717) is 18.0 Å². The van der Waals surface area contributed by atoms with Crippen molar-refractivity contribution >= 4 is 28.8 Å². The maximum Gasteiger partial charge on any atom is 0.243 e. The average molecular weight is 496 g/mol. The van der Waals surface area contributed by atoms with E-state index in [2.05, 4.69) is 33.9 Å². The summed E-state index contributed by atoms with van der Waals surface area (Å²) in [6, 6.07) is 17.7. The van der Waals surface area contributed by atoms with Gasteiger partial charge in [0.2, 0.25) is 11.8 Å². The van der Waals surface area contributed by atoms with Gasteiger partial charge in [-0.05, 0) is 67.1 Å². The largest absolute Gasteiger partial charge is 0.497 e. The fourth-order valence-corrected chi connectivity index (χ4v) is 4.54. The fraction of sp³-hybridized carbons (Fsp3) is 0.333. The maximum absolute atomic E-state index is 12.8. The van der Waals surface area contributed by atoms with Gasteiger partial charge < -0.3 is 20.1 Å². The number of amides is 2. The normalized spacial score (nSPS) is 11.7. The second kappa shape index (κ2) is 12.9. The van der Waals surface area contributed by atoms with Crippen LogP contribution in [0.1, 0.15) is 22.9 Å². The molecule has 0 saturated carbocycles. The highest BCUT2D eigenvalue weighted by atomic mass is 32.1. The van der Waals surface area contributed by atoms with Gasteiger partial charge in [0, 0.05) is 17.5 Å². The van der Waals surface area contributed by atoms with Crippen molar-refractivity contribution in [3.8, 4) is 11.5 Å². The molecule has 1 heterocycles. The minimum Gasteiger partial charge on any atom is -0.497 e. The van der Waals surface area contributed by atoms with Crippen molar-refractivity contribution in [3.63, 3.8) is 0 Å². The first kappa shape index (κ1) is 26.2. The van der Waals surface area contributed by atoms with Crippen molar-refractivity contribution in [2.45, 2.75) is 32.9 Å². The zero-order valence-electron chi connectivity index (χ0n) is 20.7. The molecule has 0 aliphatic heterocycles. The summed E-state index contributed by atoms with van der Waals surface area (Å²) in [4.78, 5) is 28.7. The first-order chi connectivity index (χ1) is 16.9. The third kappa shape index (κ3) is 8.12. The van der Waals surface area contributed by atoms with E-state index in [4.69, 9.17) is 9.47 Å². The third-order valence-corrected chi connectivity index (χ3v) is 6.57. The van der Waals surface area contributed by atoms with Gasteiger partial charge in [0.15, 0.2) is 0 Å². The van der Waals surface area contributed by atoms with Gasteiger partial charge in [-0.3, -0.25) is 14.5 Å². The number of nitrogens with zero attached hydrogens (tertiary/aromatic N) is 1. The van der Waals surface area contributed by atoms with Crippen molar-refractivity contribution in [3.05, 3.63) is 76.0 Å². The average Bonchev–Trinajstić information content (AvgIpc) is 3.36. The predicted molar refractivity (Wildman–Crippen MR) is 140 cm³/mol. The molecule has 7 nitrogen and oxygen atoms in total. The van der Waals surface area contributed by atoms with Crippen molar-refractivity contribution in [1.29, 1.82) is 0 Å². The van der Waals surface area contributed by atoms with Crippen LogP contribution < -0.4 is 20.1 Å². The molecule has 2 amide bonds. The van der Waals surface area contributed by atoms with Crippen molar-refractivity contribution in [2.75, 3.05) is 32.6 Å². The van der Waals surface area contributed by atoms with Crippen LogP contribution in [0.3, 0.4) is 0 Å². The standard InChI is InChI=1S/C27H33N3O4S/c1-19-7-12-25(34-4)24(14-19)29-26(31)16-28-27(32)18-30(20(2)15-23-6-5-13-35-23)17-21-8-10-22(33-3)11-9-21/h5-14,20H,15-18H2,1-4H3,(H,28,32)(H,29,31). The van der Waals surface area contributed by atoms with Gasteiger partial charge in [-0.15, -0.1) is 11.3 Å². The molecule has 0 bridgehead atoms. The second-order valence-electron chi connectivity index (χ2n) is 8.41. The lowest BCUT2D eigenvalue weighted by Crippen LogP contribution is -2.44. The number of benzene rings is 2. The van der Waals surface area contributed by atoms with Gasteiger partial charge >= 0.3 is 0 Å². The summed E-state index contributed by atoms with van der Waals surface area (Å²) < 4.78 is 10.6. The quantitative estimate of drug-likeness (QED) is 0.393. The van der Waals surface area contributed by atoms with Crippen LogP contribution in [0, 0.1) is 6.92 Å². The van der Waals surface area contributed by atoms with Crippen LogP contribution in [0.2, 0.25) is 0 Å². The molecule has 8 heteroatoms. The van der Waals surface area contributed by atoms with Gasteiger partial charge in [0.05, 0.1) is 33.0 Å². The summed E-state index contributed by atoms with van der Waals surface area (Å²) in [6.45, 7) is 4.72. The Morgan fingerprint density at radius 3 is 2.46 bits per heavy atom. The molecule has 3 rings (SSSR count). The van der Waals surface area contributed by atoms with E-state index in [9.17, 15) is 9.59 Å². The number of carbonyl (C=O) groups excluding carboxylic acids is 2. The van der Waals surface area contributed by atoms with Crippen molar-refractivity contribution in [2.24, 2.45) is 0 Å². The summed E-state index contributed by atoms with van der Waals surface area (Å²) in [5.41, 5.74) is 2.66. The molecule has 1 aromatic heterocycles. The number of ether oxygens (including phenoxy) is 2. The van der Waals surface area contributed by atoms with Gasteiger partial charge in [-0.2, -0.15) is 0 Å². The highest BCUT2D eigenvalue weighted by Gasteiger charge is 2.19. The predicted octanol–water partition coefficient (Wildman–Crippen LogP) is 4.26. The molecule has 0 spiro atoms. The zero-order valence-corrected chi connectivity index (χ0v) is 21.5. The summed E-state index contributed by atoms with van der Waals surface area (Å²) in [6.07, 6.45) is 0.842. The molecule has 2 N–H and O–H groups in total. The third-order valence-electron chi connectivity index (χ3n) is 5.67. The van der Waals surface area contributed by atoms with Crippen LogP contribution in [0.25, 0.3) is 0 Å². The molecule has 0 fully saturated rings. The first-order valence-electron chi connectivity index (χ1n) is 11.5. The molecule has 35 heavy (non-hydrogen) atoms. The molecule has 0 aliphatic carbocycles. The van der Waals surface area contributed by atoms with Crippen LogP contribution in [-0.4, -0.2) is 50.1 Å². The van der Waals surface area contributed by atoms with Crippen molar-refractivity contribution < 1.29 is 19.1 Å². The lowest BCUT2D eigenvalue weighted by atomic mass is 10.1. The van der Waals surface area contributed by atoms with Crippen molar-refractivity contribution in [1.82, 2.24) is 10.2 Å². The number of aryl methyl sites for hydroxylation is 1. The van der Waals surface area contributed by atoms with Crippen LogP contribution in [0.15, 0.2) is 60.0 Å². The monoisotopic (exact) mass is 495 g/mol. The Bertz CT molecular complexity index is 1100. The van der Waals surface area contributed by atoms with E-state index in [1.54, 1.807) is 31.6 Å². The zero-order chi connectivity index (χ0) is 25.2. The van der Waals surface area contributed by atoms with E-state index in [1.807, 2.05) is 49.4 Å². The van der Waals surface area contributed by atoms with Crippen LogP contribution >= 0.6 is 11.3 Å². The number of nitrogens with one attached hydrogen (secondary N) is 2. The molecule has 1 unspecified atom stereocenters. The minimum atomic E-state index is -0.310. The van der Waals surface area contributed by atoms with Gasteiger partial charge in [0.1, 0.15) is 11.5 Å². The molecular formula is C27H33N3O4S. The highest BCUT2D eigenvalue weighted by molar-refractivity contribution is 7.09. The van der Waals surface area contributed by atoms with Gasteiger partial charge in [0.25, 0.3) is 0 Å². The Morgan fingerprint density at radius 2 is 1.80 bits per heavy atom. The van der Waals surface area contributed by atoms with E-state index < -0.39 is 0 Å². The fourth-order valence-electron chi connectivity index (χ4n) is 3.72. The smallest absolute Gasteiger partial charge is 0.243 e. The number of hydrogen-bond acceptors (Lipinski definition) is 6. The summed E-state index contributed by atoms with van der Waals surface area (Å²) in [5, 5.41) is 7.62. The Balaban J connectivity index is 1.60. The van der Waals surface area contributed by atoms with E-state index >= 15 is 0 Å². The number of carbonyl (C=O) groups is 2. The Morgan fingerprint density at radius 1 is 1.03 bits per heavy atom. The maximum atomic E-state index is 12.8. The second-order valence-corrected chi connectivity index (χ2v) is 9.45. The summed E-state index contributed by atoms with van der Waals surface area (Å²) >= 11 is 1.71. The molecule has 0 radical (unpaired) electrons. The Labute approximate surface area is 211 Å². The molecule has 186 valence electrons. The number of thiophene rings is 1. The van der Waals surface area contributed by atoms with Crippen LogP contribution in [0.5, 0.6) is 11.5 Å². The minimum absolute atomic E-state index is 0.119.